The Balaban J connectivity index is 1.39. The molecular formula is C21H22F3N5O2. The topological polar surface area (TPSA) is 81.0 Å². The first-order valence-corrected chi connectivity index (χ1v) is 10.2. The minimum Gasteiger partial charge on any atom is -0.371 e. The third kappa shape index (κ3) is 3.69. The van der Waals surface area contributed by atoms with Crippen molar-refractivity contribution < 1.29 is 22.7 Å². The van der Waals surface area contributed by atoms with Gasteiger partial charge in [0.05, 0.1) is 23.5 Å². The third-order valence-corrected chi connectivity index (χ3v) is 6.11. The maximum atomic E-state index is 13.6. The number of amides is 1. The highest BCUT2D eigenvalue weighted by Gasteiger charge is 2.42. The Hall–Kier alpha value is -2.88. The Morgan fingerprint density at radius 2 is 1.94 bits per heavy atom. The van der Waals surface area contributed by atoms with Gasteiger partial charge in [-0.15, -0.1) is 0 Å². The number of benzene rings is 1. The second-order valence-electron chi connectivity index (χ2n) is 8.42. The lowest BCUT2D eigenvalue weighted by molar-refractivity contribution is -0.169. The molecule has 2 bridgehead atoms. The molecule has 3 saturated heterocycles. The van der Waals surface area contributed by atoms with Crippen molar-refractivity contribution in [2.45, 2.75) is 43.6 Å². The third-order valence-electron chi connectivity index (χ3n) is 6.11. The zero-order valence-corrected chi connectivity index (χ0v) is 16.9. The largest absolute Gasteiger partial charge is 0.418 e. The Kier molecular flexibility index (Phi) is 4.58. The number of piperidine rings is 1. The molecule has 0 aromatic heterocycles. The van der Waals surface area contributed by atoms with Crippen LogP contribution in [0.4, 0.5) is 18.9 Å². The van der Waals surface area contributed by atoms with Crippen molar-refractivity contribution in [1.82, 2.24) is 9.80 Å². The van der Waals surface area contributed by atoms with E-state index in [-0.39, 0.29) is 35.2 Å². The number of fused-ring (bicyclic) bond motifs is 2. The predicted octanol–water partition coefficient (Wildman–Crippen LogP) is 3.16. The second kappa shape index (κ2) is 7.08. The lowest BCUT2D eigenvalue weighted by atomic mass is 9.99. The number of carbonyl (C=O) groups excluding carboxylic acids is 1. The van der Waals surface area contributed by atoms with E-state index >= 15 is 0 Å². The normalized spacial score (nSPS) is 27.4. The summed E-state index contributed by atoms with van der Waals surface area (Å²) in [7, 11) is 1.55. The van der Waals surface area contributed by atoms with Crippen molar-refractivity contribution >= 4 is 23.4 Å². The average Bonchev–Trinajstić information content (AvgIpc) is 3.55. The van der Waals surface area contributed by atoms with Crippen LogP contribution >= 0.6 is 0 Å². The summed E-state index contributed by atoms with van der Waals surface area (Å²) in [5.74, 6) is -0.219. The number of likely N-dealkylation sites (N-methyl/N-ethyl adjacent to an activating group) is 1. The first-order chi connectivity index (χ1) is 14.7. The zero-order valence-electron chi connectivity index (χ0n) is 16.9. The molecule has 1 amide bonds. The fourth-order valence-corrected chi connectivity index (χ4v) is 4.28. The van der Waals surface area contributed by atoms with Gasteiger partial charge in [-0.25, -0.2) is 0 Å². The number of morpholine rings is 1. The standard InChI is InChI=1S/C21H22F3N5O2/c1-28-19(30)15(18(25)27-20(28)29-9-13-7-14(10-29)31-13)8-26-17-5-4-12(11-2-3-11)6-16(17)21(22,23)24/h4-6,8,11,13-14,25-26H,2-3,7,9-10H2,1H3/b15-8+,25-18?. The molecule has 1 aliphatic carbocycles. The van der Waals surface area contributed by atoms with E-state index in [1.54, 1.807) is 13.1 Å². The van der Waals surface area contributed by atoms with Crippen molar-refractivity contribution in [2.75, 3.05) is 25.5 Å². The van der Waals surface area contributed by atoms with E-state index in [1.165, 1.54) is 17.0 Å². The van der Waals surface area contributed by atoms with Crippen molar-refractivity contribution in [3.63, 3.8) is 0 Å². The molecule has 1 saturated carbocycles. The summed E-state index contributed by atoms with van der Waals surface area (Å²) < 4.78 is 46.3. The Morgan fingerprint density at radius 1 is 1.26 bits per heavy atom. The SMILES string of the molecule is CN1C(=O)/C(=C/Nc2ccc(C3CC3)cc2C(F)(F)F)C(=N)N=C1N1CC2CC(C1)O2. The number of guanidine groups is 1. The van der Waals surface area contributed by atoms with E-state index in [4.69, 9.17) is 10.1 Å². The molecule has 4 heterocycles. The van der Waals surface area contributed by atoms with E-state index in [0.717, 1.165) is 25.5 Å². The van der Waals surface area contributed by atoms with E-state index in [1.807, 2.05) is 4.90 Å². The summed E-state index contributed by atoms with van der Waals surface area (Å²) in [6, 6.07) is 4.22. The van der Waals surface area contributed by atoms with Crippen molar-refractivity contribution in [3.05, 3.63) is 41.1 Å². The number of amidine groups is 1. The van der Waals surface area contributed by atoms with Gasteiger partial charge in [0.15, 0.2) is 5.84 Å². The van der Waals surface area contributed by atoms with Crippen LogP contribution in [0.25, 0.3) is 0 Å². The minimum atomic E-state index is -4.53. The quantitative estimate of drug-likeness (QED) is 0.718. The van der Waals surface area contributed by atoms with Gasteiger partial charge in [-0.1, -0.05) is 6.07 Å². The molecule has 1 aromatic carbocycles. The maximum Gasteiger partial charge on any atom is 0.418 e. The van der Waals surface area contributed by atoms with Gasteiger partial charge in [0.2, 0.25) is 5.96 Å². The summed E-state index contributed by atoms with van der Waals surface area (Å²) in [5, 5.41) is 10.8. The fourth-order valence-electron chi connectivity index (χ4n) is 4.28. The van der Waals surface area contributed by atoms with Crippen LogP contribution in [0.3, 0.4) is 0 Å². The van der Waals surface area contributed by atoms with Crippen LogP contribution in [-0.2, 0) is 15.7 Å². The van der Waals surface area contributed by atoms with Gasteiger partial charge in [-0.2, -0.15) is 18.2 Å². The summed E-state index contributed by atoms with van der Waals surface area (Å²) in [6.45, 7) is 1.19. The lowest BCUT2D eigenvalue weighted by Crippen LogP contribution is -2.62. The second-order valence-corrected chi connectivity index (χ2v) is 8.42. The first-order valence-electron chi connectivity index (χ1n) is 10.2. The number of halogens is 3. The molecule has 4 aliphatic heterocycles. The molecule has 31 heavy (non-hydrogen) atoms. The monoisotopic (exact) mass is 433 g/mol. The highest BCUT2D eigenvalue weighted by Crippen LogP contribution is 2.44. The fraction of sp³-hybridized carbons (Fsp3) is 0.476. The molecule has 2 unspecified atom stereocenters. The molecule has 6 rings (SSSR count). The van der Waals surface area contributed by atoms with E-state index < -0.39 is 17.6 Å². The number of nitrogens with one attached hydrogen (secondary N) is 2. The molecule has 0 radical (unpaired) electrons. The number of carbonyl (C=O) groups is 1. The Labute approximate surface area is 177 Å². The van der Waals surface area contributed by atoms with E-state index in [2.05, 4.69) is 10.3 Å². The number of alkyl halides is 3. The van der Waals surface area contributed by atoms with Crippen molar-refractivity contribution in [3.8, 4) is 0 Å². The van der Waals surface area contributed by atoms with Crippen LogP contribution in [0.5, 0.6) is 0 Å². The minimum absolute atomic E-state index is 0.0935. The number of hydrogen-bond acceptors (Lipinski definition) is 5. The van der Waals surface area contributed by atoms with Crippen LogP contribution in [0.15, 0.2) is 35.0 Å². The van der Waals surface area contributed by atoms with Crippen LogP contribution < -0.4 is 5.32 Å². The number of ether oxygens (including phenoxy) is 1. The summed E-state index contributed by atoms with van der Waals surface area (Å²) in [5.41, 5.74) is -0.363. The number of rotatable bonds is 3. The highest BCUT2D eigenvalue weighted by molar-refractivity contribution is 6.28. The molecule has 7 nitrogen and oxygen atoms in total. The van der Waals surface area contributed by atoms with Crippen molar-refractivity contribution in [1.29, 1.82) is 5.41 Å². The summed E-state index contributed by atoms with van der Waals surface area (Å²) >= 11 is 0. The van der Waals surface area contributed by atoms with Crippen LogP contribution in [-0.4, -0.2) is 59.8 Å². The van der Waals surface area contributed by atoms with Gasteiger partial charge in [-0.05, 0) is 36.5 Å². The molecule has 2 N–H and O–H groups in total. The molecular weight excluding hydrogens is 411 g/mol. The predicted molar refractivity (Wildman–Crippen MR) is 108 cm³/mol. The lowest BCUT2D eigenvalue weighted by Gasteiger charge is -2.49. The number of nitrogens with zero attached hydrogens (tertiary/aromatic N) is 3. The summed E-state index contributed by atoms with van der Waals surface area (Å²) in [4.78, 5) is 20.3. The number of aliphatic imine (C=N–C) groups is 1. The van der Waals surface area contributed by atoms with E-state index in [9.17, 15) is 18.0 Å². The van der Waals surface area contributed by atoms with Gasteiger partial charge in [0, 0.05) is 32.8 Å². The molecule has 4 fully saturated rings. The molecule has 164 valence electrons. The zero-order chi connectivity index (χ0) is 21.9. The average molecular weight is 433 g/mol. The molecule has 1 aromatic rings. The maximum absolute atomic E-state index is 13.6. The smallest absolute Gasteiger partial charge is 0.371 e. The first kappa shape index (κ1) is 20.0. The number of anilines is 1. The van der Waals surface area contributed by atoms with Crippen LogP contribution in [0, 0.1) is 5.41 Å². The van der Waals surface area contributed by atoms with E-state index in [0.29, 0.717) is 24.6 Å². The van der Waals surface area contributed by atoms with Crippen LogP contribution in [0.2, 0.25) is 0 Å². The van der Waals surface area contributed by atoms with Crippen molar-refractivity contribution in [2.24, 2.45) is 4.99 Å². The van der Waals surface area contributed by atoms with Crippen LogP contribution in [0.1, 0.15) is 36.3 Å². The van der Waals surface area contributed by atoms with Gasteiger partial charge in [0.1, 0.15) is 5.57 Å². The number of hydrogen-bond donors (Lipinski definition) is 2. The molecule has 2 atom stereocenters. The molecule has 5 aliphatic rings. The van der Waals surface area contributed by atoms with Gasteiger partial charge < -0.3 is 15.0 Å². The van der Waals surface area contributed by atoms with Gasteiger partial charge in [0.25, 0.3) is 5.91 Å². The highest BCUT2D eigenvalue weighted by atomic mass is 19.4. The Morgan fingerprint density at radius 3 is 2.55 bits per heavy atom. The molecule has 10 heteroatoms. The summed E-state index contributed by atoms with van der Waals surface area (Å²) in [6.07, 6.45) is -0.396. The van der Waals surface area contributed by atoms with Gasteiger partial charge >= 0.3 is 6.18 Å². The molecule has 0 spiro atoms. The van der Waals surface area contributed by atoms with Gasteiger partial charge in [-0.3, -0.25) is 15.1 Å². The Bertz CT molecular complexity index is 999.